The van der Waals surface area contributed by atoms with Gasteiger partial charge in [-0.05, 0) is 48.9 Å². The summed E-state index contributed by atoms with van der Waals surface area (Å²) in [4.78, 5) is 12.3. The molecule has 0 aliphatic carbocycles. The van der Waals surface area contributed by atoms with Crippen molar-refractivity contribution < 1.29 is 24.1 Å². The van der Waals surface area contributed by atoms with Gasteiger partial charge in [-0.2, -0.15) is 10.2 Å². The second kappa shape index (κ2) is 9.46. The highest BCUT2D eigenvalue weighted by Crippen LogP contribution is 2.32. The molecule has 0 radical (unpaired) electrons. The number of benzene rings is 2. The SMILES string of the molecule is CCOc1cc(C=NNC(=O)c2cc(-c3ccc(OC)cc3OC)n[nH]2)ccc1O. The Kier molecular flexibility index (Phi) is 6.53. The largest absolute Gasteiger partial charge is 0.504 e. The van der Waals surface area contributed by atoms with Crippen LogP contribution in [0.1, 0.15) is 23.0 Å². The fourth-order valence-corrected chi connectivity index (χ4v) is 2.69. The standard InChI is InChI=1S/C21H22N4O5/c1-4-30-20-9-13(5-8-18(20)26)12-22-25-21(27)17-11-16(23-24-17)15-7-6-14(28-2)10-19(15)29-3/h5-12,26H,4H2,1-3H3,(H,23,24)(H,25,27). The van der Waals surface area contributed by atoms with Crippen molar-refractivity contribution in [1.82, 2.24) is 15.6 Å². The molecule has 3 rings (SSSR count). The number of phenolic OH excluding ortho intramolecular Hbond substituents is 1. The molecule has 9 nitrogen and oxygen atoms in total. The first-order valence-electron chi connectivity index (χ1n) is 9.12. The molecule has 9 heteroatoms. The fraction of sp³-hybridized carbons (Fsp3) is 0.190. The van der Waals surface area contributed by atoms with E-state index >= 15 is 0 Å². The van der Waals surface area contributed by atoms with Crippen LogP contribution in [-0.2, 0) is 0 Å². The molecule has 0 unspecified atom stereocenters. The van der Waals surface area contributed by atoms with Crippen LogP contribution in [0.5, 0.6) is 23.0 Å². The highest BCUT2D eigenvalue weighted by molar-refractivity contribution is 5.94. The molecule has 2 aromatic carbocycles. The van der Waals surface area contributed by atoms with E-state index in [4.69, 9.17) is 14.2 Å². The summed E-state index contributed by atoms with van der Waals surface area (Å²) in [5, 5.41) is 20.5. The fourth-order valence-electron chi connectivity index (χ4n) is 2.69. The molecule has 1 heterocycles. The summed E-state index contributed by atoms with van der Waals surface area (Å²) in [7, 11) is 3.12. The minimum Gasteiger partial charge on any atom is -0.504 e. The number of nitrogens with zero attached hydrogens (tertiary/aromatic N) is 2. The minimum absolute atomic E-state index is 0.0389. The second-order valence-corrected chi connectivity index (χ2v) is 6.09. The number of carbonyl (C=O) groups excluding carboxylic acids is 1. The van der Waals surface area contributed by atoms with Gasteiger partial charge in [-0.25, -0.2) is 5.43 Å². The number of methoxy groups -OCH3 is 2. The van der Waals surface area contributed by atoms with Crippen LogP contribution in [0.2, 0.25) is 0 Å². The van der Waals surface area contributed by atoms with E-state index in [1.165, 1.54) is 12.3 Å². The van der Waals surface area contributed by atoms with E-state index in [2.05, 4.69) is 20.7 Å². The number of hydrogen-bond donors (Lipinski definition) is 3. The number of phenols is 1. The number of H-pyrrole nitrogens is 1. The van der Waals surface area contributed by atoms with E-state index in [1.54, 1.807) is 50.6 Å². The Morgan fingerprint density at radius 3 is 2.73 bits per heavy atom. The van der Waals surface area contributed by atoms with Gasteiger partial charge in [0.1, 0.15) is 17.2 Å². The predicted molar refractivity (Wildman–Crippen MR) is 111 cm³/mol. The zero-order chi connectivity index (χ0) is 21.5. The molecule has 30 heavy (non-hydrogen) atoms. The molecule has 0 atom stereocenters. The van der Waals surface area contributed by atoms with E-state index in [0.717, 1.165) is 0 Å². The van der Waals surface area contributed by atoms with Crippen LogP contribution in [0, 0.1) is 0 Å². The average molecular weight is 410 g/mol. The van der Waals surface area contributed by atoms with Gasteiger partial charge in [-0.3, -0.25) is 9.89 Å². The van der Waals surface area contributed by atoms with Crippen molar-refractivity contribution in [1.29, 1.82) is 0 Å². The van der Waals surface area contributed by atoms with E-state index in [-0.39, 0.29) is 11.4 Å². The number of aromatic hydroxyl groups is 1. The maximum atomic E-state index is 12.3. The van der Waals surface area contributed by atoms with Crippen molar-refractivity contribution in [3.8, 4) is 34.3 Å². The van der Waals surface area contributed by atoms with Gasteiger partial charge in [-0.15, -0.1) is 0 Å². The molecule has 1 aromatic heterocycles. The lowest BCUT2D eigenvalue weighted by Gasteiger charge is -2.08. The third-order valence-corrected chi connectivity index (χ3v) is 4.17. The van der Waals surface area contributed by atoms with Crippen LogP contribution < -0.4 is 19.6 Å². The zero-order valence-corrected chi connectivity index (χ0v) is 16.8. The van der Waals surface area contributed by atoms with Crippen LogP contribution in [-0.4, -0.2) is 48.3 Å². The molecule has 0 saturated carbocycles. The molecule has 1 amide bonds. The molecule has 0 bridgehead atoms. The van der Waals surface area contributed by atoms with Crippen LogP contribution >= 0.6 is 0 Å². The van der Waals surface area contributed by atoms with Crippen molar-refractivity contribution in [2.45, 2.75) is 6.92 Å². The van der Waals surface area contributed by atoms with Gasteiger partial charge in [0.25, 0.3) is 5.91 Å². The summed E-state index contributed by atoms with van der Waals surface area (Å²) < 4.78 is 15.9. The molecule has 0 aliphatic heterocycles. The van der Waals surface area contributed by atoms with Gasteiger partial charge < -0.3 is 19.3 Å². The van der Waals surface area contributed by atoms with Gasteiger partial charge in [-0.1, -0.05) is 0 Å². The Bertz CT molecular complexity index is 1060. The smallest absolute Gasteiger partial charge is 0.289 e. The molecular formula is C21H22N4O5. The highest BCUT2D eigenvalue weighted by atomic mass is 16.5. The van der Waals surface area contributed by atoms with Crippen LogP contribution in [0.25, 0.3) is 11.3 Å². The lowest BCUT2D eigenvalue weighted by molar-refractivity contribution is 0.0950. The lowest BCUT2D eigenvalue weighted by atomic mass is 10.1. The third-order valence-electron chi connectivity index (χ3n) is 4.17. The van der Waals surface area contributed by atoms with Crippen LogP contribution in [0.15, 0.2) is 47.6 Å². The molecule has 3 N–H and O–H groups in total. The van der Waals surface area contributed by atoms with Gasteiger partial charge in [0.2, 0.25) is 0 Å². The molecule has 0 spiro atoms. The quantitative estimate of drug-likeness (QED) is 0.388. The first kappa shape index (κ1) is 20.7. The Labute approximate surface area is 173 Å². The van der Waals surface area contributed by atoms with Crippen molar-refractivity contribution >= 4 is 12.1 Å². The number of aromatic nitrogens is 2. The minimum atomic E-state index is -0.457. The Hall–Kier alpha value is -4.01. The van der Waals surface area contributed by atoms with Gasteiger partial charge in [0.15, 0.2) is 11.5 Å². The number of hydrazone groups is 1. The van der Waals surface area contributed by atoms with Gasteiger partial charge >= 0.3 is 0 Å². The first-order valence-corrected chi connectivity index (χ1v) is 9.12. The van der Waals surface area contributed by atoms with E-state index in [1.807, 2.05) is 6.92 Å². The summed E-state index contributed by atoms with van der Waals surface area (Å²) in [5.74, 6) is 1.15. The number of rotatable bonds is 8. The molecule has 0 aliphatic rings. The molecule has 0 saturated heterocycles. The highest BCUT2D eigenvalue weighted by Gasteiger charge is 2.14. The molecule has 0 fully saturated rings. The number of hydrogen-bond acceptors (Lipinski definition) is 7. The number of ether oxygens (including phenoxy) is 3. The van der Waals surface area contributed by atoms with Gasteiger partial charge in [0, 0.05) is 11.6 Å². The van der Waals surface area contributed by atoms with E-state index in [0.29, 0.717) is 40.7 Å². The molecule has 156 valence electrons. The summed E-state index contributed by atoms with van der Waals surface area (Å²) in [6.45, 7) is 2.24. The topological polar surface area (TPSA) is 118 Å². The summed E-state index contributed by atoms with van der Waals surface area (Å²) in [6.07, 6.45) is 1.45. The first-order chi connectivity index (χ1) is 14.5. The summed E-state index contributed by atoms with van der Waals surface area (Å²) in [6, 6.07) is 11.7. The average Bonchev–Trinajstić information content (AvgIpc) is 3.25. The second-order valence-electron chi connectivity index (χ2n) is 6.09. The maximum Gasteiger partial charge on any atom is 0.289 e. The van der Waals surface area contributed by atoms with Crippen LogP contribution in [0.4, 0.5) is 0 Å². The monoisotopic (exact) mass is 410 g/mol. The zero-order valence-electron chi connectivity index (χ0n) is 16.8. The third kappa shape index (κ3) is 4.69. The van der Waals surface area contributed by atoms with Crippen molar-refractivity contribution in [3.05, 3.63) is 53.7 Å². The number of nitrogens with one attached hydrogen (secondary N) is 2. The van der Waals surface area contributed by atoms with E-state index < -0.39 is 5.91 Å². The van der Waals surface area contributed by atoms with Crippen molar-refractivity contribution in [2.75, 3.05) is 20.8 Å². The normalized spacial score (nSPS) is 10.8. The van der Waals surface area contributed by atoms with E-state index in [9.17, 15) is 9.90 Å². The van der Waals surface area contributed by atoms with Gasteiger partial charge in [0.05, 0.1) is 32.7 Å². The Morgan fingerprint density at radius 2 is 2.00 bits per heavy atom. The Balaban J connectivity index is 1.70. The lowest BCUT2D eigenvalue weighted by Crippen LogP contribution is -2.18. The van der Waals surface area contributed by atoms with Crippen LogP contribution in [0.3, 0.4) is 0 Å². The predicted octanol–water partition coefficient (Wildman–Crippen LogP) is 2.96. The summed E-state index contributed by atoms with van der Waals surface area (Å²) >= 11 is 0. The Morgan fingerprint density at radius 1 is 1.17 bits per heavy atom. The summed E-state index contributed by atoms with van der Waals surface area (Å²) in [5.41, 5.74) is 4.58. The number of carbonyl (C=O) groups is 1. The number of amides is 1. The maximum absolute atomic E-state index is 12.3. The molecule has 3 aromatic rings. The van der Waals surface area contributed by atoms with Crippen molar-refractivity contribution in [2.24, 2.45) is 5.10 Å². The van der Waals surface area contributed by atoms with Crippen molar-refractivity contribution in [3.63, 3.8) is 0 Å². The molecular weight excluding hydrogens is 388 g/mol. The number of aromatic amines is 1.